The molecule has 0 aliphatic heterocycles. The quantitative estimate of drug-likeness (QED) is 0.567. The van der Waals surface area contributed by atoms with Crippen LogP contribution in [0.5, 0.6) is 0 Å². The number of amides is 2. The summed E-state index contributed by atoms with van der Waals surface area (Å²) in [4.78, 5) is 23.7. The monoisotopic (exact) mass is 355 g/mol. The third kappa shape index (κ3) is 5.81. The number of benzene rings is 2. The zero-order chi connectivity index (χ0) is 19.2. The molecule has 2 aromatic carbocycles. The molecule has 2 amide bonds. The Morgan fingerprint density at radius 1 is 0.962 bits per heavy atom. The molecule has 0 fully saturated rings. The highest BCUT2D eigenvalue weighted by molar-refractivity contribution is 5.94. The second-order valence-electron chi connectivity index (χ2n) is 6.85. The lowest BCUT2D eigenvalue weighted by molar-refractivity contribution is 0.0526. The molecule has 6 heteroatoms. The lowest BCUT2D eigenvalue weighted by atomic mass is 10.0. The zero-order valence-electron chi connectivity index (χ0n) is 15.3. The van der Waals surface area contributed by atoms with E-state index in [2.05, 4.69) is 10.6 Å². The van der Waals surface area contributed by atoms with Crippen LogP contribution >= 0.6 is 0 Å². The Hall–Kier alpha value is -3.02. The van der Waals surface area contributed by atoms with Crippen LogP contribution in [0.25, 0.3) is 11.1 Å². The fraction of sp³-hybridized carbons (Fsp3) is 0.300. The summed E-state index contributed by atoms with van der Waals surface area (Å²) in [5.74, 6) is -0.205. The van der Waals surface area contributed by atoms with Gasteiger partial charge in [-0.3, -0.25) is 4.79 Å². The summed E-state index contributed by atoms with van der Waals surface area (Å²) in [5.41, 5.74) is 8.54. The number of rotatable bonds is 5. The van der Waals surface area contributed by atoms with Gasteiger partial charge < -0.3 is 21.1 Å². The van der Waals surface area contributed by atoms with Gasteiger partial charge in [-0.1, -0.05) is 30.3 Å². The van der Waals surface area contributed by atoms with Crippen molar-refractivity contribution in [1.29, 1.82) is 0 Å². The van der Waals surface area contributed by atoms with E-state index in [1.54, 1.807) is 32.9 Å². The molecule has 0 spiro atoms. The second kappa shape index (κ2) is 8.38. The van der Waals surface area contributed by atoms with Crippen LogP contribution in [0.3, 0.4) is 0 Å². The van der Waals surface area contributed by atoms with Crippen molar-refractivity contribution in [3.63, 3.8) is 0 Å². The van der Waals surface area contributed by atoms with Gasteiger partial charge in [-0.25, -0.2) is 4.79 Å². The molecular weight excluding hydrogens is 330 g/mol. The molecule has 26 heavy (non-hydrogen) atoms. The Kier molecular flexibility index (Phi) is 6.22. The average molecular weight is 355 g/mol. The summed E-state index contributed by atoms with van der Waals surface area (Å²) in [7, 11) is 0. The Bertz CT molecular complexity index is 765. The molecule has 0 aliphatic carbocycles. The van der Waals surface area contributed by atoms with Gasteiger partial charge in [-0.05, 0) is 44.5 Å². The van der Waals surface area contributed by atoms with E-state index in [4.69, 9.17) is 10.5 Å². The Morgan fingerprint density at radius 2 is 1.58 bits per heavy atom. The van der Waals surface area contributed by atoms with E-state index in [1.807, 2.05) is 36.4 Å². The minimum atomic E-state index is -0.544. The predicted octanol–water partition coefficient (Wildman–Crippen LogP) is 3.19. The maximum Gasteiger partial charge on any atom is 0.407 e. The minimum Gasteiger partial charge on any atom is -0.444 e. The van der Waals surface area contributed by atoms with E-state index in [0.717, 1.165) is 11.1 Å². The predicted molar refractivity (Wildman–Crippen MR) is 103 cm³/mol. The van der Waals surface area contributed by atoms with Crippen molar-refractivity contribution in [2.24, 2.45) is 0 Å². The van der Waals surface area contributed by atoms with E-state index >= 15 is 0 Å². The number of hydrogen-bond acceptors (Lipinski definition) is 4. The first-order valence-corrected chi connectivity index (χ1v) is 8.46. The molecule has 6 nitrogen and oxygen atoms in total. The number of para-hydroxylation sites is 1. The fourth-order valence-corrected chi connectivity index (χ4v) is 2.32. The highest BCUT2D eigenvalue weighted by atomic mass is 16.6. The number of hydrogen-bond donors (Lipinski definition) is 3. The summed E-state index contributed by atoms with van der Waals surface area (Å²) >= 11 is 0. The first-order valence-electron chi connectivity index (χ1n) is 8.46. The van der Waals surface area contributed by atoms with Crippen molar-refractivity contribution in [2.75, 3.05) is 18.8 Å². The molecule has 2 rings (SSSR count). The highest BCUT2D eigenvalue weighted by Gasteiger charge is 2.15. The van der Waals surface area contributed by atoms with Gasteiger partial charge in [0, 0.05) is 29.9 Å². The fourth-order valence-electron chi connectivity index (χ4n) is 2.32. The van der Waals surface area contributed by atoms with Gasteiger partial charge in [0.15, 0.2) is 0 Å². The van der Waals surface area contributed by atoms with Crippen LogP contribution in [0, 0.1) is 0 Å². The maximum atomic E-state index is 12.2. The lowest BCUT2D eigenvalue weighted by Gasteiger charge is -2.19. The minimum absolute atomic E-state index is 0.205. The summed E-state index contributed by atoms with van der Waals surface area (Å²) in [5, 5.41) is 5.35. The smallest absolute Gasteiger partial charge is 0.407 e. The SMILES string of the molecule is CC(C)(C)OC(=O)NCCNC(=O)c1ccc(-c2ccccc2N)cc1. The number of anilines is 1. The van der Waals surface area contributed by atoms with Crippen LogP contribution in [-0.2, 0) is 4.74 Å². The van der Waals surface area contributed by atoms with Gasteiger partial charge in [-0.2, -0.15) is 0 Å². The van der Waals surface area contributed by atoms with Crippen molar-refractivity contribution in [3.8, 4) is 11.1 Å². The summed E-state index contributed by atoms with van der Waals surface area (Å²) in [6.07, 6.45) is -0.503. The number of ether oxygens (including phenoxy) is 1. The Morgan fingerprint density at radius 3 is 2.19 bits per heavy atom. The first-order chi connectivity index (χ1) is 12.3. The second-order valence-corrected chi connectivity index (χ2v) is 6.85. The first kappa shape index (κ1) is 19.3. The number of nitrogen functional groups attached to an aromatic ring is 1. The lowest BCUT2D eigenvalue weighted by Crippen LogP contribution is -2.37. The van der Waals surface area contributed by atoms with Crippen molar-refractivity contribution < 1.29 is 14.3 Å². The summed E-state index contributed by atoms with van der Waals surface area (Å²) < 4.78 is 5.12. The molecule has 0 aliphatic rings. The zero-order valence-corrected chi connectivity index (χ0v) is 15.3. The molecule has 4 N–H and O–H groups in total. The molecular formula is C20H25N3O3. The molecule has 0 atom stereocenters. The van der Waals surface area contributed by atoms with Crippen LogP contribution in [0.15, 0.2) is 48.5 Å². The summed E-state index contributed by atoms with van der Waals surface area (Å²) in [6.45, 7) is 5.98. The molecule has 0 heterocycles. The van der Waals surface area contributed by atoms with Crippen molar-refractivity contribution in [1.82, 2.24) is 10.6 Å². The van der Waals surface area contributed by atoms with Crippen molar-refractivity contribution >= 4 is 17.7 Å². The van der Waals surface area contributed by atoms with E-state index in [1.165, 1.54) is 0 Å². The van der Waals surface area contributed by atoms with Crippen LogP contribution in [0.2, 0.25) is 0 Å². The largest absolute Gasteiger partial charge is 0.444 e. The molecule has 2 aromatic rings. The normalized spacial score (nSPS) is 10.9. The van der Waals surface area contributed by atoms with E-state index in [9.17, 15) is 9.59 Å². The van der Waals surface area contributed by atoms with Gasteiger partial charge in [-0.15, -0.1) is 0 Å². The average Bonchev–Trinajstić information content (AvgIpc) is 2.57. The number of carbonyl (C=O) groups is 2. The van der Waals surface area contributed by atoms with Gasteiger partial charge in [0.1, 0.15) is 5.60 Å². The number of carbonyl (C=O) groups excluding carboxylic acids is 2. The number of alkyl carbamates (subject to hydrolysis) is 1. The van der Waals surface area contributed by atoms with E-state index in [0.29, 0.717) is 24.3 Å². The van der Waals surface area contributed by atoms with Gasteiger partial charge in [0.05, 0.1) is 0 Å². The van der Waals surface area contributed by atoms with Gasteiger partial charge in [0.2, 0.25) is 0 Å². The van der Waals surface area contributed by atoms with Crippen molar-refractivity contribution in [3.05, 3.63) is 54.1 Å². The third-order valence-electron chi connectivity index (χ3n) is 3.50. The topological polar surface area (TPSA) is 93.5 Å². The Labute approximate surface area is 153 Å². The Balaban J connectivity index is 1.83. The van der Waals surface area contributed by atoms with Crippen LogP contribution in [0.1, 0.15) is 31.1 Å². The maximum absolute atomic E-state index is 12.2. The number of nitrogens with one attached hydrogen (secondary N) is 2. The third-order valence-corrected chi connectivity index (χ3v) is 3.50. The molecule has 0 unspecified atom stereocenters. The molecule has 138 valence electrons. The number of nitrogens with two attached hydrogens (primary N) is 1. The summed E-state index contributed by atoms with van der Waals surface area (Å²) in [6, 6.07) is 14.8. The van der Waals surface area contributed by atoms with Gasteiger partial charge >= 0.3 is 6.09 Å². The van der Waals surface area contributed by atoms with Crippen LogP contribution in [-0.4, -0.2) is 30.7 Å². The van der Waals surface area contributed by atoms with Crippen LogP contribution in [0.4, 0.5) is 10.5 Å². The standard InChI is InChI=1S/C20H25N3O3/c1-20(2,3)26-19(25)23-13-12-22-18(24)15-10-8-14(9-11-15)16-6-4-5-7-17(16)21/h4-11H,12-13,21H2,1-3H3,(H,22,24)(H,23,25). The molecule has 0 saturated heterocycles. The van der Waals surface area contributed by atoms with Gasteiger partial charge in [0.25, 0.3) is 5.91 Å². The molecule has 0 saturated carbocycles. The highest BCUT2D eigenvalue weighted by Crippen LogP contribution is 2.25. The molecule has 0 radical (unpaired) electrons. The van der Waals surface area contributed by atoms with Crippen molar-refractivity contribution in [2.45, 2.75) is 26.4 Å². The molecule has 0 aromatic heterocycles. The van der Waals surface area contributed by atoms with E-state index < -0.39 is 11.7 Å². The molecule has 0 bridgehead atoms. The van der Waals surface area contributed by atoms with E-state index in [-0.39, 0.29) is 5.91 Å². The van der Waals surface area contributed by atoms with Crippen LogP contribution < -0.4 is 16.4 Å².